The maximum Gasteiger partial charge on any atom is 0.220 e. The van der Waals surface area contributed by atoms with Gasteiger partial charge in [-0.15, -0.1) is 0 Å². The van der Waals surface area contributed by atoms with Crippen LogP contribution in [0.15, 0.2) is 0 Å². The van der Waals surface area contributed by atoms with E-state index in [1.54, 1.807) is 0 Å². The predicted octanol–water partition coefficient (Wildman–Crippen LogP) is 5.61. The van der Waals surface area contributed by atoms with E-state index in [0.29, 0.717) is 6.42 Å². The van der Waals surface area contributed by atoms with Crippen LogP contribution in [-0.2, 0) is 9.59 Å². The van der Waals surface area contributed by atoms with Crippen molar-refractivity contribution in [3.05, 3.63) is 0 Å². The minimum atomic E-state index is -0.195. The quantitative estimate of drug-likeness (QED) is 0.273. The number of unbranched alkanes of at least 4 members (excludes halogenated alkanes) is 13. The fourth-order valence-electron chi connectivity index (χ4n) is 3.53. The van der Waals surface area contributed by atoms with Crippen molar-refractivity contribution < 1.29 is 9.59 Å². The molecule has 2 amide bonds. The first-order valence-corrected chi connectivity index (χ1v) is 11.2. The van der Waals surface area contributed by atoms with Crippen LogP contribution in [0.3, 0.4) is 0 Å². The largest absolute Gasteiger partial charge is 0.370 e. The fourth-order valence-corrected chi connectivity index (χ4v) is 3.53. The second-order valence-corrected chi connectivity index (χ2v) is 7.84. The molecule has 0 aliphatic rings. The third kappa shape index (κ3) is 17.8. The highest BCUT2D eigenvalue weighted by Crippen LogP contribution is 2.19. The topological polar surface area (TPSA) is 86.2 Å². The van der Waals surface area contributed by atoms with E-state index in [2.05, 4.69) is 6.92 Å². The van der Waals surface area contributed by atoms with Gasteiger partial charge in [-0.25, -0.2) is 0 Å². The van der Waals surface area contributed by atoms with Gasteiger partial charge in [0.05, 0.1) is 0 Å². The van der Waals surface area contributed by atoms with Crippen LogP contribution in [0.5, 0.6) is 0 Å². The van der Waals surface area contributed by atoms with Crippen molar-refractivity contribution in [2.45, 2.75) is 122 Å². The van der Waals surface area contributed by atoms with E-state index in [1.807, 2.05) is 0 Å². The number of primary amides is 2. The lowest BCUT2D eigenvalue weighted by Gasteiger charge is -2.13. The van der Waals surface area contributed by atoms with E-state index >= 15 is 0 Å². The van der Waals surface area contributed by atoms with Crippen LogP contribution in [0.4, 0.5) is 0 Å². The van der Waals surface area contributed by atoms with Crippen molar-refractivity contribution in [3.63, 3.8) is 0 Å². The maximum absolute atomic E-state index is 11.6. The standard InChI is InChI=1S/C22H44N2O2/c1-2-3-4-5-6-8-11-14-17-20(22(24)26)18-15-12-9-7-10-13-16-19-21(23)25/h20H,2-19H2,1H3,(H2,23,25)(H2,24,26). The Kier molecular flexibility index (Phi) is 18.0. The van der Waals surface area contributed by atoms with E-state index in [9.17, 15) is 9.59 Å². The molecule has 0 aromatic heterocycles. The molecule has 0 saturated heterocycles. The summed E-state index contributed by atoms with van der Waals surface area (Å²) in [5.41, 5.74) is 10.7. The van der Waals surface area contributed by atoms with Crippen molar-refractivity contribution in [2.75, 3.05) is 0 Å². The zero-order valence-corrected chi connectivity index (χ0v) is 17.3. The zero-order valence-electron chi connectivity index (χ0n) is 17.3. The molecule has 0 bridgehead atoms. The molecular weight excluding hydrogens is 324 g/mol. The number of nitrogens with two attached hydrogens (primary N) is 2. The summed E-state index contributed by atoms with van der Waals surface area (Å²) < 4.78 is 0. The normalized spacial score (nSPS) is 12.2. The molecule has 0 fully saturated rings. The van der Waals surface area contributed by atoms with E-state index in [-0.39, 0.29) is 17.7 Å². The SMILES string of the molecule is CCCCCCCCCCC(CCCCCCCCCC(N)=O)C(N)=O. The minimum absolute atomic E-state index is 0.0747. The van der Waals surface area contributed by atoms with Gasteiger partial charge >= 0.3 is 0 Å². The van der Waals surface area contributed by atoms with Crippen LogP contribution in [0.1, 0.15) is 122 Å². The summed E-state index contributed by atoms with van der Waals surface area (Å²) in [6, 6.07) is 0. The Hall–Kier alpha value is -1.06. The molecule has 0 heterocycles. The highest BCUT2D eigenvalue weighted by molar-refractivity contribution is 5.76. The van der Waals surface area contributed by atoms with Crippen molar-refractivity contribution in [2.24, 2.45) is 17.4 Å². The van der Waals surface area contributed by atoms with Gasteiger partial charge in [-0.1, -0.05) is 96.8 Å². The number of carbonyl (C=O) groups is 2. The van der Waals surface area contributed by atoms with Crippen LogP contribution in [0.25, 0.3) is 0 Å². The summed E-state index contributed by atoms with van der Waals surface area (Å²) in [7, 11) is 0. The Morgan fingerprint density at radius 2 is 1.00 bits per heavy atom. The summed E-state index contributed by atoms with van der Waals surface area (Å²) in [4.78, 5) is 22.3. The first-order chi connectivity index (χ1) is 12.6. The van der Waals surface area contributed by atoms with E-state index in [0.717, 1.165) is 38.5 Å². The third-order valence-electron chi connectivity index (χ3n) is 5.28. The Morgan fingerprint density at radius 3 is 1.38 bits per heavy atom. The van der Waals surface area contributed by atoms with Gasteiger partial charge < -0.3 is 11.5 Å². The van der Waals surface area contributed by atoms with E-state index in [1.165, 1.54) is 70.6 Å². The van der Waals surface area contributed by atoms with Crippen LogP contribution >= 0.6 is 0 Å². The summed E-state index contributed by atoms with van der Waals surface area (Å²) in [6.45, 7) is 2.25. The first kappa shape index (κ1) is 24.9. The lowest BCUT2D eigenvalue weighted by atomic mass is 9.93. The third-order valence-corrected chi connectivity index (χ3v) is 5.28. The molecule has 0 spiro atoms. The molecule has 4 heteroatoms. The average Bonchev–Trinajstić information content (AvgIpc) is 2.60. The Balaban J connectivity index is 3.50. The van der Waals surface area contributed by atoms with Gasteiger partial charge in [0.2, 0.25) is 11.8 Å². The monoisotopic (exact) mass is 368 g/mol. The highest BCUT2D eigenvalue weighted by Gasteiger charge is 2.14. The molecule has 0 aromatic rings. The van der Waals surface area contributed by atoms with Crippen molar-refractivity contribution in [3.8, 4) is 0 Å². The lowest BCUT2D eigenvalue weighted by Crippen LogP contribution is -2.23. The number of amides is 2. The molecule has 4 N–H and O–H groups in total. The van der Waals surface area contributed by atoms with Crippen LogP contribution in [0.2, 0.25) is 0 Å². The average molecular weight is 369 g/mol. The van der Waals surface area contributed by atoms with Gasteiger partial charge in [0.25, 0.3) is 0 Å². The second-order valence-electron chi connectivity index (χ2n) is 7.84. The second kappa shape index (κ2) is 18.7. The molecule has 26 heavy (non-hydrogen) atoms. The summed E-state index contributed by atoms with van der Waals surface area (Å²) in [5.74, 6) is -0.232. The van der Waals surface area contributed by atoms with Gasteiger partial charge in [0.1, 0.15) is 0 Å². The minimum Gasteiger partial charge on any atom is -0.370 e. The van der Waals surface area contributed by atoms with Crippen LogP contribution in [0, 0.1) is 5.92 Å². The number of rotatable bonds is 20. The van der Waals surface area contributed by atoms with Gasteiger partial charge in [-0.3, -0.25) is 9.59 Å². The number of hydrogen-bond acceptors (Lipinski definition) is 2. The Labute approximate surface area is 161 Å². The van der Waals surface area contributed by atoms with Crippen molar-refractivity contribution >= 4 is 11.8 Å². The summed E-state index contributed by atoms with van der Waals surface area (Å²) in [5, 5.41) is 0. The predicted molar refractivity (Wildman–Crippen MR) is 111 cm³/mol. The van der Waals surface area contributed by atoms with E-state index in [4.69, 9.17) is 11.5 Å². The van der Waals surface area contributed by atoms with Crippen molar-refractivity contribution in [1.82, 2.24) is 0 Å². The molecular formula is C22H44N2O2. The molecule has 0 saturated carbocycles. The lowest BCUT2D eigenvalue weighted by molar-refractivity contribution is -0.122. The van der Waals surface area contributed by atoms with Gasteiger partial charge in [-0.05, 0) is 19.3 Å². The summed E-state index contributed by atoms with van der Waals surface area (Å²) in [6.07, 6.45) is 20.7. The zero-order chi connectivity index (χ0) is 19.5. The smallest absolute Gasteiger partial charge is 0.220 e. The highest BCUT2D eigenvalue weighted by atomic mass is 16.1. The molecule has 0 rings (SSSR count). The van der Waals surface area contributed by atoms with Gasteiger partial charge in [0, 0.05) is 12.3 Å². The molecule has 0 aromatic carbocycles. The van der Waals surface area contributed by atoms with Crippen LogP contribution in [-0.4, -0.2) is 11.8 Å². The molecule has 1 unspecified atom stereocenters. The molecule has 154 valence electrons. The summed E-state index contributed by atoms with van der Waals surface area (Å²) >= 11 is 0. The van der Waals surface area contributed by atoms with Crippen molar-refractivity contribution in [1.29, 1.82) is 0 Å². The maximum atomic E-state index is 11.6. The molecule has 0 aliphatic heterocycles. The molecule has 1 atom stereocenters. The van der Waals surface area contributed by atoms with Crippen LogP contribution < -0.4 is 11.5 Å². The Bertz CT molecular complexity index is 345. The van der Waals surface area contributed by atoms with Gasteiger partial charge in [-0.2, -0.15) is 0 Å². The first-order valence-electron chi connectivity index (χ1n) is 11.2. The van der Waals surface area contributed by atoms with E-state index < -0.39 is 0 Å². The fraction of sp³-hybridized carbons (Fsp3) is 0.909. The molecule has 0 aliphatic carbocycles. The Morgan fingerprint density at radius 1 is 0.615 bits per heavy atom. The molecule has 0 radical (unpaired) electrons. The molecule has 4 nitrogen and oxygen atoms in total. The number of carbonyl (C=O) groups excluding carboxylic acids is 2. The van der Waals surface area contributed by atoms with Gasteiger partial charge in [0.15, 0.2) is 0 Å². The number of hydrogen-bond donors (Lipinski definition) is 2.